The second-order valence-electron chi connectivity index (χ2n) is 11.3. The van der Waals surface area contributed by atoms with Crippen molar-refractivity contribution in [2.75, 3.05) is 14.2 Å². The highest BCUT2D eigenvalue weighted by atomic mass is 16.5. The van der Waals surface area contributed by atoms with Crippen LogP contribution in [0.1, 0.15) is 60.3 Å². The topological polar surface area (TPSA) is 126 Å². The summed E-state index contributed by atoms with van der Waals surface area (Å²) in [7, 11) is 3.05. The van der Waals surface area contributed by atoms with Crippen LogP contribution in [0.3, 0.4) is 0 Å². The van der Waals surface area contributed by atoms with Gasteiger partial charge in [-0.2, -0.15) is 0 Å². The molecule has 208 valence electrons. The summed E-state index contributed by atoms with van der Waals surface area (Å²) in [6.07, 6.45) is -0.0170. The highest BCUT2D eigenvalue weighted by Gasteiger charge is 2.37. The van der Waals surface area contributed by atoms with Crippen LogP contribution in [0, 0.1) is 0 Å². The van der Waals surface area contributed by atoms with Gasteiger partial charge in [-0.05, 0) is 67.5 Å². The Balaban J connectivity index is 1.74. The number of ketones is 1. The molecule has 2 aliphatic rings. The first-order valence-electron chi connectivity index (χ1n) is 13.3. The third-order valence-electron chi connectivity index (χ3n) is 8.25. The normalized spacial score (nSPS) is 22.3. The van der Waals surface area contributed by atoms with E-state index in [4.69, 9.17) is 14.2 Å². The molecular weight excluding hydrogens is 512 g/mol. The minimum Gasteiger partial charge on any atom is -0.507 e. The van der Waals surface area contributed by atoms with Crippen LogP contribution >= 0.6 is 0 Å². The zero-order valence-corrected chi connectivity index (χ0v) is 23.1. The summed E-state index contributed by atoms with van der Waals surface area (Å²) in [6, 6.07) is 8.78. The maximum atomic E-state index is 13.0. The summed E-state index contributed by atoms with van der Waals surface area (Å²) in [4.78, 5) is 13.0. The highest BCUT2D eigenvalue weighted by molar-refractivity contribution is 6.13. The quantitative estimate of drug-likeness (QED) is 0.259. The molecule has 0 saturated heterocycles. The van der Waals surface area contributed by atoms with Crippen molar-refractivity contribution in [1.29, 1.82) is 0 Å². The fraction of sp³-hybridized carbons (Fsp3) is 0.344. The molecule has 4 N–H and O–H groups in total. The van der Waals surface area contributed by atoms with E-state index in [-0.39, 0.29) is 52.9 Å². The molecule has 3 atom stereocenters. The van der Waals surface area contributed by atoms with Crippen LogP contribution in [0.25, 0.3) is 32.7 Å². The van der Waals surface area contributed by atoms with Crippen LogP contribution in [-0.4, -0.2) is 52.1 Å². The molecule has 0 bridgehead atoms. The van der Waals surface area contributed by atoms with E-state index in [1.807, 2.05) is 13.8 Å². The van der Waals surface area contributed by atoms with E-state index in [9.17, 15) is 25.2 Å². The smallest absolute Gasteiger partial charge is 0.169 e. The van der Waals surface area contributed by atoms with Gasteiger partial charge in [-0.25, -0.2) is 0 Å². The number of carbonyl (C=O) groups is 1. The first-order valence-corrected chi connectivity index (χ1v) is 13.3. The van der Waals surface area contributed by atoms with E-state index < -0.39 is 11.7 Å². The van der Waals surface area contributed by atoms with Crippen molar-refractivity contribution in [3.63, 3.8) is 0 Å². The van der Waals surface area contributed by atoms with Gasteiger partial charge in [0.2, 0.25) is 0 Å². The molecule has 0 amide bonds. The van der Waals surface area contributed by atoms with Crippen LogP contribution in [0.2, 0.25) is 0 Å². The van der Waals surface area contributed by atoms with Crippen molar-refractivity contribution in [1.82, 2.24) is 0 Å². The molecule has 0 aromatic heterocycles. The Kier molecular flexibility index (Phi) is 5.91. The van der Waals surface area contributed by atoms with Gasteiger partial charge in [0.25, 0.3) is 0 Å². The summed E-state index contributed by atoms with van der Waals surface area (Å²) in [5.41, 5.74) is 1.97. The minimum atomic E-state index is -1.20. The van der Waals surface area contributed by atoms with Crippen LogP contribution in [-0.2, 0) is 17.6 Å². The van der Waals surface area contributed by atoms with Crippen molar-refractivity contribution in [2.45, 2.75) is 57.8 Å². The van der Waals surface area contributed by atoms with Crippen molar-refractivity contribution >= 4 is 27.3 Å². The Hall–Kier alpha value is -4.01. The zero-order valence-electron chi connectivity index (χ0n) is 23.1. The first-order chi connectivity index (χ1) is 19.0. The lowest BCUT2D eigenvalue weighted by molar-refractivity contribution is -0.00568. The molecule has 3 unspecified atom stereocenters. The van der Waals surface area contributed by atoms with Crippen molar-refractivity contribution in [3.05, 3.63) is 52.6 Å². The van der Waals surface area contributed by atoms with Gasteiger partial charge in [-0.3, -0.25) is 4.79 Å². The molecule has 1 heterocycles. The monoisotopic (exact) mass is 544 g/mol. The van der Waals surface area contributed by atoms with Gasteiger partial charge >= 0.3 is 0 Å². The van der Waals surface area contributed by atoms with E-state index >= 15 is 0 Å². The first kappa shape index (κ1) is 26.2. The molecule has 0 fully saturated rings. The average molecular weight is 545 g/mol. The second kappa shape index (κ2) is 9.01. The van der Waals surface area contributed by atoms with E-state index in [2.05, 4.69) is 0 Å². The van der Waals surface area contributed by atoms with Crippen molar-refractivity contribution in [3.8, 4) is 39.9 Å². The minimum absolute atomic E-state index is 0.0440. The molecule has 8 nitrogen and oxygen atoms in total. The summed E-state index contributed by atoms with van der Waals surface area (Å²) in [6.45, 7) is 5.43. The Morgan fingerprint density at radius 3 is 2.38 bits per heavy atom. The second-order valence-corrected chi connectivity index (χ2v) is 11.3. The summed E-state index contributed by atoms with van der Waals surface area (Å²) in [5, 5.41) is 47.0. The zero-order chi connectivity index (χ0) is 28.7. The number of phenols is 3. The number of carbonyl (C=O) groups excluding carboxylic acids is 1. The number of benzene rings is 4. The Morgan fingerprint density at radius 1 is 0.925 bits per heavy atom. The molecule has 4 aromatic carbocycles. The van der Waals surface area contributed by atoms with Crippen LogP contribution in [0.5, 0.6) is 28.7 Å². The SMILES string of the molecule is COc1cc(OC)c2c(O)c3c(c(-c4ccc5cc6c(c(O)c5c4O)C(=O)CC(C)(O)C6)c2c1)CC(C)OC3C. The number of methoxy groups -OCH3 is 2. The number of hydrogen-bond acceptors (Lipinski definition) is 8. The van der Waals surface area contributed by atoms with E-state index in [0.29, 0.717) is 56.3 Å². The number of aromatic hydroxyl groups is 3. The number of rotatable bonds is 3. The van der Waals surface area contributed by atoms with Gasteiger partial charge in [0.1, 0.15) is 28.7 Å². The molecule has 8 heteroatoms. The maximum absolute atomic E-state index is 13.0. The molecule has 0 spiro atoms. The van der Waals surface area contributed by atoms with E-state index in [1.54, 1.807) is 44.4 Å². The number of fused-ring (bicyclic) bond motifs is 4. The Morgan fingerprint density at radius 2 is 1.68 bits per heavy atom. The molecular formula is C32H32O8. The van der Waals surface area contributed by atoms with Gasteiger partial charge in [0.05, 0.1) is 48.4 Å². The summed E-state index contributed by atoms with van der Waals surface area (Å²) in [5.74, 6) is 0.0828. The lowest BCUT2D eigenvalue weighted by Crippen LogP contribution is -2.35. The predicted octanol–water partition coefficient (Wildman–Crippen LogP) is 5.70. The Labute approximate surface area is 231 Å². The maximum Gasteiger partial charge on any atom is 0.169 e. The number of Topliss-reactive ketones (excluding diaryl/α,β-unsaturated/α-hetero) is 1. The summed E-state index contributed by atoms with van der Waals surface area (Å²) >= 11 is 0. The standard InChI is InChI=1S/C32H32O8/c1-14-8-20-24(15(2)40-14)30(35)28-21(10-18(38-4)11-23(28)39-5)27(20)19-7-6-16-9-17-12-32(3,37)13-22(33)25(17)31(36)26(16)29(19)34/h6-7,9-11,14-15,34-37H,8,12-13H2,1-5H3. The fourth-order valence-electron chi connectivity index (χ4n) is 6.67. The van der Waals surface area contributed by atoms with Crippen molar-refractivity contribution in [2.24, 2.45) is 0 Å². The van der Waals surface area contributed by atoms with E-state index in [0.717, 1.165) is 5.56 Å². The Bertz CT molecular complexity index is 1740. The van der Waals surface area contributed by atoms with Gasteiger partial charge in [0, 0.05) is 35.4 Å². The number of hydrogen-bond donors (Lipinski definition) is 4. The molecule has 6 rings (SSSR count). The van der Waals surface area contributed by atoms with Gasteiger partial charge in [-0.15, -0.1) is 0 Å². The largest absolute Gasteiger partial charge is 0.507 e. The highest BCUT2D eigenvalue weighted by Crippen LogP contribution is 2.54. The molecule has 4 aromatic rings. The van der Waals surface area contributed by atoms with Crippen LogP contribution < -0.4 is 9.47 Å². The summed E-state index contributed by atoms with van der Waals surface area (Å²) < 4.78 is 17.3. The molecule has 1 aliphatic heterocycles. The molecule has 0 radical (unpaired) electrons. The van der Waals surface area contributed by atoms with Gasteiger partial charge in [0.15, 0.2) is 5.78 Å². The average Bonchev–Trinajstić information content (AvgIpc) is 2.87. The third-order valence-corrected chi connectivity index (χ3v) is 8.25. The molecule has 40 heavy (non-hydrogen) atoms. The number of aliphatic hydroxyl groups is 1. The molecule has 0 saturated carbocycles. The predicted molar refractivity (Wildman–Crippen MR) is 151 cm³/mol. The van der Waals surface area contributed by atoms with Gasteiger partial charge in [-0.1, -0.05) is 6.07 Å². The van der Waals surface area contributed by atoms with Crippen LogP contribution in [0.15, 0.2) is 30.3 Å². The fourth-order valence-corrected chi connectivity index (χ4v) is 6.67. The van der Waals surface area contributed by atoms with Crippen LogP contribution in [0.4, 0.5) is 0 Å². The molecule has 1 aliphatic carbocycles. The number of phenolic OH excluding ortho intramolecular Hbond substituents is 3. The van der Waals surface area contributed by atoms with Gasteiger partial charge < -0.3 is 34.6 Å². The van der Waals surface area contributed by atoms with E-state index in [1.165, 1.54) is 7.11 Å². The lowest BCUT2D eigenvalue weighted by Gasteiger charge is -2.32. The third kappa shape index (κ3) is 3.78. The lowest BCUT2D eigenvalue weighted by atomic mass is 9.78. The number of ether oxygens (including phenoxy) is 3. The van der Waals surface area contributed by atoms with Crippen molar-refractivity contribution < 1.29 is 39.4 Å².